The lowest BCUT2D eigenvalue weighted by Gasteiger charge is -2.16. The summed E-state index contributed by atoms with van der Waals surface area (Å²) < 4.78 is 3.70. The van der Waals surface area contributed by atoms with Gasteiger partial charge in [0.25, 0.3) is 0 Å². The van der Waals surface area contributed by atoms with Crippen LogP contribution in [0.3, 0.4) is 0 Å². The van der Waals surface area contributed by atoms with Crippen LogP contribution in [0.25, 0.3) is 105 Å². The second-order valence-corrected chi connectivity index (χ2v) is 16.4. The molecule has 1 aliphatic rings. The molecule has 8 aromatic carbocycles. The quantitative estimate of drug-likeness (QED) is 0.175. The Hall–Kier alpha value is -7.14. The van der Waals surface area contributed by atoms with Gasteiger partial charge in [-0.15, -0.1) is 11.3 Å². The van der Waals surface area contributed by atoms with E-state index >= 15 is 0 Å². The van der Waals surface area contributed by atoms with Gasteiger partial charge in [0, 0.05) is 42.2 Å². The van der Waals surface area contributed by atoms with Gasteiger partial charge in [0.2, 0.25) is 5.95 Å². The van der Waals surface area contributed by atoms with Crippen molar-refractivity contribution in [3.63, 3.8) is 0 Å². The van der Waals surface area contributed by atoms with Crippen LogP contribution in [0.5, 0.6) is 0 Å². The number of thiophene rings is 1. The maximum atomic E-state index is 5.45. The number of benzene rings is 8. The molecule has 0 bridgehead atoms. The van der Waals surface area contributed by atoms with Crippen LogP contribution in [-0.2, 0) is 6.42 Å². The number of aryl methyl sites for hydroxylation is 1. The van der Waals surface area contributed by atoms with Gasteiger partial charge in [0.05, 0.1) is 22.2 Å². The van der Waals surface area contributed by atoms with Crippen LogP contribution in [0, 0.1) is 0 Å². The highest BCUT2D eigenvalue weighted by Crippen LogP contribution is 2.43. The third-order valence-electron chi connectivity index (χ3n) is 11.9. The minimum Gasteiger partial charge on any atom is -0.277 e. The summed E-state index contributed by atoms with van der Waals surface area (Å²) in [5, 5.41) is 7.11. The number of nitrogens with zero attached hydrogens (tertiary/aromatic N) is 3. The summed E-state index contributed by atoms with van der Waals surface area (Å²) in [4.78, 5) is 12.3. The molecule has 0 aliphatic heterocycles. The van der Waals surface area contributed by atoms with Gasteiger partial charge in [-0.2, -0.15) is 0 Å². The minimum absolute atomic E-state index is 0.660. The van der Waals surface area contributed by atoms with E-state index < -0.39 is 0 Å². The van der Waals surface area contributed by atoms with Crippen molar-refractivity contribution in [1.29, 1.82) is 0 Å². The highest BCUT2D eigenvalue weighted by molar-refractivity contribution is 7.19. The first-order valence-corrected chi connectivity index (χ1v) is 20.8. The predicted molar refractivity (Wildman–Crippen MR) is 246 cm³/mol. The molecule has 272 valence electrons. The molecule has 58 heavy (non-hydrogen) atoms. The van der Waals surface area contributed by atoms with Crippen LogP contribution in [0.4, 0.5) is 0 Å². The molecule has 11 aromatic rings. The minimum atomic E-state index is 0.660. The molecule has 0 saturated heterocycles. The standard InChI is InChI=1S/C54H35N3S/c1-2-14-35(15-3-1)51-46-22-6-8-25-48(46)55-54(56-51)57-52-41-20-5-4-13-34(41)27-29-45(52)44-24-12-23-42(53(44)57)40-19-11-18-38(32-40)36-16-10-17-37(31-36)39-28-30-50-47(33-39)43-21-7-9-26-49(43)58-50/h1-27,29,31-33H,28,30H2. The molecule has 3 heterocycles. The Kier molecular flexibility index (Phi) is 7.54. The van der Waals surface area contributed by atoms with Crippen molar-refractivity contribution in [2.75, 3.05) is 0 Å². The molecule has 3 aromatic heterocycles. The molecule has 3 nitrogen and oxygen atoms in total. The largest absolute Gasteiger partial charge is 0.277 e. The highest BCUT2D eigenvalue weighted by atomic mass is 32.1. The zero-order valence-corrected chi connectivity index (χ0v) is 32.4. The maximum Gasteiger partial charge on any atom is 0.235 e. The number of rotatable bonds is 5. The molecule has 4 heteroatoms. The van der Waals surface area contributed by atoms with Crippen LogP contribution in [0.2, 0.25) is 0 Å². The van der Waals surface area contributed by atoms with E-state index in [4.69, 9.17) is 9.97 Å². The average Bonchev–Trinajstić information content (AvgIpc) is 3.85. The molecular formula is C54H35N3S. The Morgan fingerprint density at radius 3 is 1.98 bits per heavy atom. The number of aromatic nitrogens is 3. The Morgan fingerprint density at radius 2 is 1.10 bits per heavy atom. The number of allylic oxidation sites excluding steroid dienone is 1. The number of fused-ring (bicyclic) bond motifs is 9. The summed E-state index contributed by atoms with van der Waals surface area (Å²) in [5.74, 6) is 0.660. The molecule has 0 amide bonds. The SMILES string of the molecule is C1=C(c2cccc(-c3cccc(-c4cccc5c6ccc7ccccc7c6n(-c6nc(-c7ccccc7)c7ccccc7n6)c45)c3)c2)CCc2sc3ccccc3c21. The normalized spacial score (nSPS) is 12.8. The van der Waals surface area contributed by atoms with Gasteiger partial charge in [-0.05, 0) is 87.3 Å². The summed E-state index contributed by atoms with van der Waals surface area (Å²) in [6.45, 7) is 0. The number of para-hydroxylation sites is 2. The maximum absolute atomic E-state index is 5.45. The molecule has 1 aliphatic carbocycles. The van der Waals surface area contributed by atoms with Gasteiger partial charge in [-0.3, -0.25) is 4.57 Å². The highest BCUT2D eigenvalue weighted by Gasteiger charge is 2.22. The first-order chi connectivity index (χ1) is 28.7. The first kappa shape index (κ1) is 33.0. The van der Waals surface area contributed by atoms with E-state index in [0.717, 1.165) is 57.2 Å². The van der Waals surface area contributed by atoms with Gasteiger partial charge >= 0.3 is 0 Å². The van der Waals surface area contributed by atoms with Crippen molar-refractivity contribution in [3.8, 4) is 39.5 Å². The summed E-state index contributed by atoms with van der Waals surface area (Å²) in [6, 6.07) is 65.7. The van der Waals surface area contributed by atoms with Gasteiger partial charge < -0.3 is 0 Å². The average molecular weight is 758 g/mol. The summed E-state index contributed by atoms with van der Waals surface area (Å²) >= 11 is 1.94. The van der Waals surface area contributed by atoms with Crippen molar-refractivity contribution < 1.29 is 0 Å². The molecule has 0 saturated carbocycles. The fourth-order valence-corrected chi connectivity index (χ4v) is 10.4. The second-order valence-electron chi connectivity index (χ2n) is 15.2. The van der Waals surface area contributed by atoms with Gasteiger partial charge in [0.1, 0.15) is 0 Å². The third-order valence-corrected chi connectivity index (χ3v) is 13.2. The van der Waals surface area contributed by atoms with Crippen LogP contribution in [-0.4, -0.2) is 14.5 Å². The molecule has 0 N–H and O–H groups in total. The van der Waals surface area contributed by atoms with Crippen molar-refractivity contribution in [3.05, 3.63) is 198 Å². The smallest absolute Gasteiger partial charge is 0.235 e. The van der Waals surface area contributed by atoms with E-state index in [1.807, 2.05) is 11.3 Å². The van der Waals surface area contributed by atoms with Crippen LogP contribution in [0.15, 0.2) is 182 Å². The van der Waals surface area contributed by atoms with Gasteiger partial charge in [-0.1, -0.05) is 158 Å². The lowest BCUT2D eigenvalue weighted by molar-refractivity contribution is 1.02. The second kappa shape index (κ2) is 13.2. The van der Waals surface area contributed by atoms with E-state index in [1.54, 1.807) is 0 Å². The van der Waals surface area contributed by atoms with E-state index in [2.05, 4.69) is 193 Å². The number of hydrogen-bond donors (Lipinski definition) is 0. The molecular weight excluding hydrogens is 723 g/mol. The van der Waals surface area contributed by atoms with Crippen LogP contribution >= 0.6 is 11.3 Å². The summed E-state index contributed by atoms with van der Waals surface area (Å²) in [7, 11) is 0. The van der Waals surface area contributed by atoms with Crippen molar-refractivity contribution in [1.82, 2.24) is 14.5 Å². The van der Waals surface area contributed by atoms with E-state index in [-0.39, 0.29) is 0 Å². The summed E-state index contributed by atoms with van der Waals surface area (Å²) in [5.41, 5.74) is 13.9. The first-order valence-electron chi connectivity index (χ1n) is 19.9. The molecule has 12 rings (SSSR count). The van der Waals surface area contributed by atoms with Crippen LogP contribution < -0.4 is 0 Å². The molecule has 0 unspecified atom stereocenters. The summed E-state index contributed by atoms with van der Waals surface area (Å²) in [6.07, 6.45) is 4.57. The Balaban J connectivity index is 1.06. The number of hydrogen-bond acceptors (Lipinski definition) is 3. The van der Waals surface area contributed by atoms with Crippen molar-refractivity contribution >= 4 is 76.6 Å². The fourth-order valence-electron chi connectivity index (χ4n) is 9.19. The lowest BCUT2D eigenvalue weighted by atomic mass is 9.90. The molecule has 0 atom stereocenters. The zero-order chi connectivity index (χ0) is 38.2. The lowest BCUT2D eigenvalue weighted by Crippen LogP contribution is -2.04. The fraction of sp³-hybridized carbons (Fsp3) is 0.0370. The third kappa shape index (κ3) is 5.26. The van der Waals surface area contributed by atoms with Crippen molar-refractivity contribution in [2.24, 2.45) is 0 Å². The Morgan fingerprint density at radius 1 is 0.448 bits per heavy atom. The van der Waals surface area contributed by atoms with E-state index in [1.165, 1.54) is 64.3 Å². The Bertz CT molecular complexity index is 3460. The molecule has 0 spiro atoms. The van der Waals surface area contributed by atoms with E-state index in [9.17, 15) is 0 Å². The van der Waals surface area contributed by atoms with Crippen LogP contribution in [0.1, 0.15) is 22.4 Å². The monoisotopic (exact) mass is 757 g/mol. The van der Waals surface area contributed by atoms with Gasteiger partial charge in [-0.25, -0.2) is 9.97 Å². The Labute approximate surface area is 339 Å². The molecule has 0 fully saturated rings. The topological polar surface area (TPSA) is 30.7 Å². The molecule has 0 radical (unpaired) electrons. The zero-order valence-electron chi connectivity index (χ0n) is 31.6. The van der Waals surface area contributed by atoms with Gasteiger partial charge in [0.15, 0.2) is 0 Å². The predicted octanol–water partition coefficient (Wildman–Crippen LogP) is 14.6. The van der Waals surface area contributed by atoms with Crippen molar-refractivity contribution in [2.45, 2.75) is 12.8 Å². The van der Waals surface area contributed by atoms with E-state index in [0.29, 0.717) is 5.95 Å².